The second-order valence-electron chi connectivity index (χ2n) is 4.57. The lowest BCUT2D eigenvalue weighted by Gasteiger charge is -2.32. The lowest BCUT2D eigenvalue weighted by molar-refractivity contribution is -0.139. The van der Waals surface area contributed by atoms with E-state index in [0.717, 1.165) is 12.8 Å². The Hall–Kier alpha value is -0.950. The topological polar surface area (TPSA) is 78.9 Å². The number of ether oxygens (including phenoxy) is 1. The van der Waals surface area contributed by atoms with Crippen molar-refractivity contribution in [2.75, 3.05) is 32.2 Å². The van der Waals surface area contributed by atoms with Gasteiger partial charge in [0.25, 0.3) is 0 Å². The van der Waals surface area contributed by atoms with Crippen molar-refractivity contribution in [3.63, 3.8) is 0 Å². The first kappa shape index (κ1) is 16.1. The molecule has 1 saturated heterocycles. The Labute approximate surface area is 117 Å². The van der Waals surface area contributed by atoms with Crippen LogP contribution in [0, 0.1) is 0 Å². The number of carboxylic acid groups (broad SMARTS) is 1. The molecule has 0 aliphatic carbocycles. The summed E-state index contributed by atoms with van der Waals surface area (Å²) in [6, 6.07) is -1.13. The summed E-state index contributed by atoms with van der Waals surface area (Å²) < 4.78 is 5.25. The minimum absolute atomic E-state index is 0.0500. The van der Waals surface area contributed by atoms with Gasteiger partial charge in [-0.3, -0.25) is 0 Å². The monoisotopic (exact) mass is 290 g/mol. The first-order chi connectivity index (χ1) is 9.08. The van der Waals surface area contributed by atoms with Gasteiger partial charge in [0.1, 0.15) is 6.04 Å². The van der Waals surface area contributed by atoms with Gasteiger partial charge in [0.05, 0.1) is 6.10 Å². The van der Waals surface area contributed by atoms with Gasteiger partial charge >= 0.3 is 12.0 Å². The molecule has 0 spiro atoms. The molecule has 1 aliphatic heterocycles. The summed E-state index contributed by atoms with van der Waals surface area (Å²) in [6.07, 6.45) is 4.22. The fraction of sp³-hybridized carbons (Fsp3) is 0.833. The number of carbonyl (C=O) groups is 2. The Bertz CT molecular complexity index is 314. The van der Waals surface area contributed by atoms with Crippen LogP contribution < -0.4 is 5.32 Å². The van der Waals surface area contributed by atoms with Crippen molar-refractivity contribution in [1.29, 1.82) is 0 Å². The zero-order chi connectivity index (χ0) is 14.3. The van der Waals surface area contributed by atoms with E-state index in [4.69, 9.17) is 9.84 Å². The van der Waals surface area contributed by atoms with E-state index in [1.165, 1.54) is 0 Å². The number of piperidine rings is 1. The van der Waals surface area contributed by atoms with E-state index in [9.17, 15) is 9.59 Å². The van der Waals surface area contributed by atoms with Crippen molar-refractivity contribution >= 4 is 23.8 Å². The molecular weight excluding hydrogens is 268 g/mol. The molecule has 2 atom stereocenters. The van der Waals surface area contributed by atoms with Gasteiger partial charge in [0.2, 0.25) is 0 Å². The minimum atomic E-state index is -0.984. The van der Waals surface area contributed by atoms with Crippen LogP contribution in [0.1, 0.15) is 19.3 Å². The van der Waals surface area contributed by atoms with Gasteiger partial charge < -0.3 is 20.1 Å². The molecular formula is C12H22N2O4S. The molecule has 2 amide bonds. The molecule has 6 nitrogen and oxygen atoms in total. The van der Waals surface area contributed by atoms with Crippen LogP contribution in [0.5, 0.6) is 0 Å². The lowest BCUT2D eigenvalue weighted by atomic mass is 10.1. The van der Waals surface area contributed by atoms with Crippen molar-refractivity contribution in [3.05, 3.63) is 0 Å². The van der Waals surface area contributed by atoms with E-state index in [-0.39, 0.29) is 12.1 Å². The van der Waals surface area contributed by atoms with Crippen LogP contribution in [0.4, 0.5) is 4.79 Å². The van der Waals surface area contributed by atoms with Crippen molar-refractivity contribution in [1.82, 2.24) is 10.2 Å². The number of likely N-dealkylation sites (tertiary alicyclic amines) is 1. The molecule has 1 rings (SSSR count). The molecule has 1 fully saturated rings. The summed E-state index contributed by atoms with van der Waals surface area (Å²) in [7, 11) is 1.63. The summed E-state index contributed by atoms with van der Waals surface area (Å²) >= 11 is 1.57. The Balaban J connectivity index is 2.48. The van der Waals surface area contributed by atoms with E-state index in [0.29, 0.717) is 25.3 Å². The fourth-order valence-corrected chi connectivity index (χ4v) is 2.52. The predicted molar refractivity (Wildman–Crippen MR) is 74.6 cm³/mol. The van der Waals surface area contributed by atoms with E-state index >= 15 is 0 Å². The van der Waals surface area contributed by atoms with Crippen LogP contribution in [0.25, 0.3) is 0 Å². The third kappa shape index (κ3) is 5.28. The number of hydrogen-bond acceptors (Lipinski definition) is 4. The summed E-state index contributed by atoms with van der Waals surface area (Å²) in [5, 5.41) is 11.7. The van der Waals surface area contributed by atoms with Crippen LogP contribution in [-0.2, 0) is 9.53 Å². The normalized spacial score (nSPS) is 20.9. The van der Waals surface area contributed by atoms with Gasteiger partial charge in [-0.15, -0.1) is 0 Å². The van der Waals surface area contributed by atoms with E-state index in [1.54, 1.807) is 23.8 Å². The maximum absolute atomic E-state index is 12.0. The Morgan fingerprint density at radius 1 is 1.58 bits per heavy atom. The summed E-state index contributed by atoms with van der Waals surface area (Å²) in [5.74, 6) is -0.277. The minimum Gasteiger partial charge on any atom is -0.480 e. The van der Waals surface area contributed by atoms with E-state index in [2.05, 4.69) is 5.32 Å². The molecule has 0 aromatic rings. The van der Waals surface area contributed by atoms with Crippen LogP contribution in [-0.4, -0.2) is 66.4 Å². The van der Waals surface area contributed by atoms with E-state index < -0.39 is 12.0 Å². The van der Waals surface area contributed by atoms with Crippen LogP contribution in [0.15, 0.2) is 0 Å². The van der Waals surface area contributed by atoms with Gasteiger partial charge in [-0.1, -0.05) is 0 Å². The number of nitrogens with zero attached hydrogens (tertiary/aromatic N) is 1. The molecule has 110 valence electrons. The van der Waals surface area contributed by atoms with Crippen LogP contribution in [0.2, 0.25) is 0 Å². The molecule has 1 aliphatic rings. The highest BCUT2D eigenvalue weighted by molar-refractivity contribution is 7.98. The Kier molecular flexibility index (Phi) is 7.01. The Morgan fingerprint density at radius 3 is 2.89 bits per heavy atom. The molecule has 0 radical (unpaired) electrons. The van der Waals surface area contributed by atoms with Gasteiger partial charge in [0.15, 0.2) is 0 Å². The number of methoxy groups -OCH3 is 1. The largest absolute Gasteiger partial charge is 0.480 e. The third-order valence-electron chi connectivity index (χ3n) is 3.21. The second kappa shape index (κ2) is 8.27. The molecule has 2 unspecified atom stereocenters. The molecule has 19 heavy (non-hydrogen) atoms. The van der Waals surface area contributed by atoms with Crippen molar-refractivity contribution in [2.45, 2.75) is 31.4 Å². The summed E-state index contributed by atoms with van der Waals surface area (Å²) in [5.41, 5.74) is 0. The highest BCUT2D eigenvalue weighted by Crippen LogP contribution is 2.13. The maximum atomic E-state index is 12.0. The van der Waals surface area contributed by atoms with Gasteiger partial charge in [-0.25, -0.2) is 9.59 Å². The molecule has 7 heteroatoms. The van der Waals surface area contributed by atoms with Gasteiger partial charge in [-0.2, -0.15) is 11.8 Å². The standard InChI is InChI=1S/C12H22N2O4S/c1-18-9-4-3-6-14(8-9)12(17)13-10(11(15)16)5-7-19-2/h9-10H,3-8H2,1-2H3,(H,13,17)(H,15,16). The summed E-state index contributed by atoms with van der Waals surface area (Å²) in [4.78, 5) is 24.7. The number of aliphatic carboxylic acids is 1. The van der Waals surface area contributed by atoms with Crippen LogP contribution >= 0.6 is 11.8 Å². The first-order valence-corrected chi connectivity index (χ1v) is 7.77. The second-order valence-corrected chi connectivity index (χ2v) is 5.55. The number of nitrogens with one attached hydrogen (secondary N) is 1. The molecule has 0 aromatic heterocycles. The first-order valence-electron chi connectivity index (χ1n) is 6.38. The molecule has 0 bridgehead atoms. The number of carboxylic acids is 1. The maximum Gasteiger partial charge on any atom is 0.326 e. The average Bonchev–Trinajstić information content (AvgIpc) is 2.42. The zero-order valence-electron chi connectivity index (χ0n) is 11.4. The quantitative estimate of drug-likeness (QED) is 0.763. The summed E-state index contributed by atoms with van der Waals surface area (Å²) in [6.45, 7) is 1.18. The molecule has 0 aromatic carbocycles. The van der Waals surface area contributed by atoms with Crippen molar-refractivity contribution in [2.24, 2.45) is 0 Å². The van der Waals surface area contributed by atoms with Crippen LogP contribution in [0.3, 0.4) is 0 Å². The van der Waals surface area contributed by atoms with Crippen molar-refractivity contribution in [3.8, 4) is 0 Å². The smallest absolute Gasteiger partial charge is 0.326 e. The SMILES string of the molecule is COC1CCCN(C(=O)NC(CCSC)C(=O)O)C1. The zero-order valence-corrected chi connectivity index (χ0v) is 12.2. The van der Waals surface area contributed by atoms with E-state index in [1.807, 2.05) is 6.26 Å². The number of amides is 2. The average molecular weight is 290 g/mol. The van der Waals surface area contributed by atoms with Gasteiger partial charge in [-0.05, 0) is 31.3 Å². The number of hydrogen-bond donors (Lipinski definition) is 2. The van der Waals surface area contributed by atoms with Crippen molar-refractivity contribution < 1.29 is 19.4 Å². The number of urea groups is 1. The van der Waals surface area contributed by atoms with Gasteiger partial charge in [0, 0.05) is 20.2 Å². The number of thioether (sulfide) groups is 1. The highest BCUT2D eigenvalue weighted by Gasteiger charge is 2.26. The number of rotatable bonds is 6. The highest BCUT2D eigenvalue weighted by atomic mass is 32.2. The Morgan fingerprint density at radius 2 is 2.32 bits per heavy atom. The predicted octanol–water partition coefficient (Wildman–Crippen LogP) is 1.01. The third-order valence-corrected chi connectivity index (χ3v) is 3.85. The molecule has 0 saturated carbocycles. The fourth-order valence-electron chi connectivity index (χ4n) is 2.05. The molecule has 1 heterocycles. The number of carbonyl (C=O) groups excluding carboxylic acids is 1. The molecule has 2 N–H and O–H groups in total. The lowest BCUT2D eigenvalue weighted by Crippen LogP contribution is -2.52.